The summed E-state index contributed by atoms with van der Waals surface area (Å²) in [5.41, 5.74) is 4.98. The van der Waals surface area contributed by atoms with Gasteiger partial charge in [-0.05, 0) is 30.2 Å². The Hall–Kier alpha value is -1.49. The molecule has 0 heterocycles. The van der Waals surface area contributed by atoms with Gasteiger partial charge >= 0.3 is 0 Å². The second-order valence-corrected chi connectivity index (χ2v) is 7.49. The van der Waals surface area contributed by atoms with Crippen molar-refractivity contribution in [2.45, 2.75) is 25.7 Å². The van der Waals surface area contributed by atoms with Crippen LogP contribution in [0.3, 0.4) is 0 Å². The Balaban J connectivity index is 3.23. The summed E-state index contributed by atoms with van der Waals surface area (Å²) in [7, 11) is -3.78. The van der Waals surface area contributed by atoms with E-state index >= 15 is 0 Å². The number of benzene rings is 1. The first kappa shape index (κ1) is 17.6. The van der Waals surface area contributed by atoms with Gasteiger partial charge in [0.05, 0.1) is 10.5 Å². The van der Waals surface area contributed by atoms with Crippen molar-refractivity contribution in [3.05, 3.63) is 29.6 Å². The third kappa shape index (κ3) is 4.00. The quantitative estimate of drug-likeness (QED) is 0.866. The minimum atomic E-state index is -3.78. The van der Waals surface area contributed by atoms with E-state index in [1.807, 2.05) is 13.8 Å². The lowest BCUT2D eigenvalue weighted by molar-refractivity contribution is 0.273. The van der Waals surface area contributed by atoms with Crippen LogP contribution >= 0.6 is 0 Å². The summed E-state index contributed by atoms with van der Waals surface area (Å²) in [4.78, 5) is -0.0879. The summed E-state index contributed by atoms with van der Waals surface area (Å²) in [6, 6.07) is 4.87. The maximum Gasteiger partial charge on any atom is 0.243 e. The average Bonchev–Trinajstić information content (AvgIpc) is 2.44. The molecule has 0 aromatic heterocycles. The molecule has 1 rings (SSSR count). The summed E-state index contributed by atoms with van der Waals surface area (Å²) in [5.74, 6) is -0.734. The Morgan fingerprint density at radius 3 is 2.52 bits per heavy atom. The Bertz CT molecular complexity index is 651. The van der Waals surface area contributed by atoms with Gasteiger partial charge in [0, 0.05) is 13.1 Å². The molecule has 0 aliphatic carbocycles. The second-order valence-electron chi connectivity index (χ2n) is 5.55. The SMILES string of the molecule is CCN(CC(C)(C)CN)S(=O)(=O)c1ccc(F)c(C#N)c1. The molecule has 2 N–H and O–H groups in total. The zero-order chi connectivity index (χ0) is 16.3. The van der Waals surface area contributed by atoms with Crippen molar-refractivity contribution in [3.8, 4) is 6.07 Å². The fourth-order valence-electron chi connectivity index (χ4n) is 1.81. The molecule has 0 saturated carbocycles. The molecule has 0 fully saturated rings. The number of hydrogen-bond acceptors (Lipinski definition) is 4. The first-order valence-electron chi connectivity index (χ1n) is 6.58. The van der Waals surface area contributed by atoms with Gasteiger partial charge in [-0.25, -0.2) is 12.8 Å². The summed E-state index contributed by atoms with van der Waals surface area (Å²) in [6.45, 7) is 6.32. The molecule has 0 radical (unpaired) electrons. The van der Waals surface area contributed by atoms with Crippen molar-refractivity contribution in [1.29, 1.82) is 5.26 Å². The number of nitrogens with zero attached hydrogens (tertiary/aromatic N) is 2. The van der Waals surface area contributed by atoms with E-state index in [1.165, 1.54) is 10.4 Å². The van der Waals surface area contributed by atoms with Crippen LogP contribution in [0.15, 0.2) is 23.1 Å². The third-order valence-electron chi connectivity index (χ3n) is 3.21. The van der Waals surface area contributed by atoms with Gasteiger partial charge in [0.2, 0.25) is 10.0 Å². The van der Waals surface area contributed by atoms with Crippen LogP contribution in [0.4, 0.5) is 4.39 Å². The highest BCUT2D eigenvalue weighted by atomic mass is 32.2. The van der Waals surface area contributed by atoms with Crippen LogP contribution in [0.2, 0.25) is 0 Å². The highest BCUT2D eigenvalue weighted by Gasteiger charge is 2.29. The summed E-state index contributed by atoms with van der Waals surface area (Å²) >= 11 is 0. The summed E-state index contributed by atoms with van der Waals surface area (Å²) < 4.78 is 39.8. The number of halogens is 1. The number of nitrogens with two attached hydrogens (primary N) is 1. The van der Waals surface area contributed by atoms with E-state index in [1.54, 1.807) is 13.0 Å². The minimum Gasteiger partial charge on any atom is -0.330 e. The molecule has 21 heavy (non-hydrogen) atoms. The van der Waals surface area contributed by atoms with Crippen molar-refractivity contribution < 1.29 is 12.8 Å². The van der Waals surface area contributed by atoms with Crippen molar-refractivity contribution in [2.75, 3.05) is 19.6 Å². The molecular weight excluding hydrogens is 293 g/mol. The first-order valence-corrected chi connectivity index (χ1v) is 8.02. The van der Waals surface area contributed by atoms with Gasteiger partial charge in [0.1, 0.15) is 11.9 Å². The molecule has 0 spiro atoms. The highest BCUT2D eigenvalue weighted by Crippen LogP contribution is 2.23. The van der Waals surface area contributed by atoms with Crippen molar-refractivity contribution in [2.24, 2.45) is 11.1 Å². The molecule has 7 heteroatoms. The van der Waals surface area contributed by atoms with Crippen molar-refractivity contribution in [1.82, 2.24) is 4.31 Å². The van der Waals surface area contributed by atoms with E-state index in [0.29, 0.717) is 6.54 Å². The largest absolute Gasteiger partial charge is 0.330 e. The van der Waals surface area contributed by atoms with E-state index < -0.39 is 15.8 Å². The van der Waals surface area contributed by atoms with Crippen molar-refractivity contribution in [3.63, 3.8) is 0 Å². The van der Waals surface area contributed by atoms with Gasteiger partial charge in [0.15, 0.2) is 0 Å². The van der Waals surface area contributed by atoms with Crippen LogP contribution in [-0.2, 0) is 10.0 Å². The van der Waals surface area contributed by atoms with Crippen molar-refractivity contribution >= 4 is 10.0 Å². The first-order chi connectivity index (χ1) is 9.67. The number of rotatable bonds is 6. The van der Waals surface area contributed by atoms with E-state index in [-0.39, 0.29) is 29.0 Å². The van der Waals surface area contributed by atoms with Gasteiger partial charge in [-0.3, -0.25) is 0 Å². The lowest BCUT2D eigenvalue weighted by atomic mass is 9.94. The zero-order valence-corrected chi connectivity index (χ0v) is 13.2. The molecule has 0 saturated heterocycles. The maximum absolute atomic E-state index is 13.3. The predicted molar refractivity (Wildman–Crippen MR) is 78.4 cm³/mol. The Morgan fingerprint density at radius 2 is 2.05 bits per heavy atom. The smallest absolute Gasteiger partial charge is 0.243 e. The Morgan fingerprint density at radius 1 is 1.43 bits per heavy atom. The molecule has 0 amide bonds. The van der Waals surface area contributed by atoms with E-state index in [0.717, 1.165) is 12.1 Å². The molecule has 0 bridgehead atoms. The van der Waals surface area contributed by atoms with Gasteiger partial charge in [0.25, 0.3) is 0 Å². The monoisotopic (exact) mass is 313 g/mol. The van der Waals surface area contributed by atoms with E-state index in [2.05, 4.69) is 0 Å². The number of hydrogen-bond donors (Lipinski definition) is 1. The minimum absolute atomic E-state index is 0.0879. The molecule has 1 aromatic carbocycles. The van der Waals surface area contributed by atoms with Gasteiger partial charge in [-0.15, -0.1) is 0 Å². The molecular formula is C14H20FN3O2S. The van der Waals surface area contributed by atoms with Crippen LogP contribution in [0.25, 0.3) is 0 Å². The van der Waals surface area contributed by atoms with Crippen LogP contribution in [-0.4, -0.2) is 32.4 Å². The second kappa shape index (κ2) is 6.52. The van der Waals surface area contributed by atoms with Crippen LogP contribution < -0.4 is 5.73 Å². The summed E-state index contributed by atoms with van der Waals surface area (Å²) in [6.07, 6.45) is 0. The van der Waals surface area contributed by atoms with Gasteiger partial charge < -0.3 is 5.73 Å². The molecule has 116 valence electrons. The lowest BCUT2D eigenvalue weighted by Gasteiger charge is -2.30. The normalized spacial score (nSPS) is 12.4. The number of nitriles is 1. The van der Waals surface area contributed by atoms with E-state index in [4.69, 9.17) is 11.0 Å². The van der Waals surface area contributed by atoms with Gasteiger partial charge in [-0.1, -0.05) is 20.8 Å². The fourth-order valence-corrected chi connectivity index (χ4v) is 3.47. The standard InChI is InChI=1S/C14H20FN3O2S/c1-4-18(10-14(2,3)9-17)21(19,20)12-5-6-13(15)11(7-12)8-16/h5-7H,4,9-10,17H2,1-3H3. The molecule has 0 unspecified atom stereocenters. The number of sulfonamides is 1. The topological polar surface area (TPSA) is 87.2 Å². The predicted octanol–water partition coefficient (Wildman–Crippen LogP) is 1.69. The third-order valence-corrected chi connectivity index (χ3v) is 5.12. The molecule has 5 nitrogen and oxygen atoms in total. The highest BCUT2D eigenvalue weighted by molar-refractivity contribution is 7.89. The lowest BCUT2D eigenvalue weighted by Crippen LogP contribution is -2.41. The zero-order valence-electron chi connectivity index (χ0n) is 12.4. The van der Waals surface area contributed by atoms with E-state index in [9.17, 15) is 12.8 Å². The maximum atomic E-state index is 13.3. The van der Waals surface area contributed by atoms with Crippen LogP contribution in [0.5, 0.6) is 0 Å². The molecule has 0 atom stereocenters. The average molecular weight is 313 g/mol. The Kier molecular flexibility index (Phi) is 5.45. The fraction of sp³-hybridized carbons (Fsp3) is 0.500. The van der Waals surface area contributed by atoms with Crippen LogP contribution in [0.1, 0.15) is 26.3 Å². The van der Waals surface area contributed by atoms with Gasteiger partial charge in [-0.2, -0.15) is 9.57 Å². The van der Waals surface area contributed by atoms with Crippen LogP contribution in [0, 0.1) is 22.6 Å². The molecule has 0 aliphatic heterocycles. The summed E-state index contributed by atoms with van der Waals surface area (Å²) in [5, 5.41) is 8.81. The Labute approximate surface area is 125 Å². The molecule has 1 aromatic rings. The molecule has 0 aliphatic rings.